The molecule has 3 aromatic rings. The summed E-state index contributed by atoms with van der Waals surface area (Å²) in [4.78, 5) is 66.4. The third kappa shape index (κ3) is 4.69. The number of aromatic nitrogens is 1. The molecule has 2 heterocycles. The Morgan fingerprint density at radius 2 is 1.71 bits per heavy atom. The van der Waals surface area contributed by atoms with Gasteiger partial charge in [0.2, 0.25) is 5.91 Å². The number of fused-ring (bicyclic) bond motifs is 1. The normalized spacial score (nSPS) is 12.4. The molecule has 0 radical (unpaired) electrons. The van der Waals surface area contributed by atoms with Gasteiger partial charge < -0.3 is 10.1 Å². The molecule has 0 atom stereocenters. The first-order valence-corrected chi connectivity index (χ1v) is 10.9. The number of aryl methyl sites for hydroxylation is 1. The first kappa shape index (κ1) is 22.8. The predicted molar refractivity (Wildman–Crippen MR) is 124 cm³/mol. The van der Waals surface area contributed by atoms with Crippen molar-refractivity contribution in [3.05, 3.63) is 70.2 Å². The van der Waals surface area contributed by atoms with E-state index in [1.807, 2.05) is 0 Å². The van der Waals surface area contributed by atoms with Crippen molar-refractivity contribution in [3.8, 4) is 0 Å². The van der Waals surface area contributed by atoms with Crippen molar-refractivity contribution in [2.24, 2.45) is 0 Å². The number of rotatable bonds is 6. The third-order valence-electron chi connectivity index (χ3n) is 4.77. The van der Waals surface area contributed by atoms with Crippen LogP contribution in [0.4, 0.5) is 16.5 Å². The number of ether oxygens (including phenoxy) is 1. The fourth-order valence-electron chi connectivity index (χ4n) is 3.28. The number of nitrogens with zero attached hydrogens (tertiary/aromatic N) is 2. The van der Waals surface area contributed by atoms with Crippen LogP contribution in [-0.4, -0.2) is 41.2 Å². The maximum atomic E-state index is 12.9. The van der Waals surface area contributed by atoms with E-state index in [4.69, 9.17) is 4.74 Å². The van der Waals surface area contributed by atoms with E-state index in [0.29, 0.717) is 16.5 Å². The topological polar surface area (TPSA) is 135 Å². The molecule has 2 N–H and O–H groups in total. The minimum absolute atomic E-state index is 0.0284. The van der Waals surface area contributed by atoms with Gasteiger partial charge in [0.15, 0.2) is 11.7 Å². The Hall–Kier alpha value is -4.38. The average Bonchev–Trinajstić information content (AvgIpc) is 3.32. The fraction of sp³-hybridized carbons (Fsp3) is 0.130. The molecule has 0 unspecified atom stereocenters. The lowest BCUT2D eigenvalue weighted by Crippen LogP contribution is -2.29. The largest absolute Gasteiger partial charge is 0.452 e. The van der Waals surface area contributed by atoms with Gasteiger partial charge in [0, 0.05) is 18.0 Å². The lowest BCUT2D eigenvalue weighted by atomic mass is 10.1. The monoisotopic (exact) mass is 478 g/mol. The quantitative estimate of drug-likeness (QED) is 0.411. The second-order valence-corrected chi connectivity index (χ2v) is 8.21. The zero-order chi connectivity index (χ0) is 24.4. The van der Waals surface area contributed by atoms with Gasteiger partial charge in [-0.15, -0.1) is 11.3 Å². The Bertz CT molecular complexity index is 1330. The van der Waals surface area contributed by atoms with Gasteiger partial charge in [0.25, 0.3) is 17.7 Å². The second-order valence-electron chi connectivity index (χ2n) is 7.35. The highest BCUT2D eigenvalue weighted by molar-refractivity contribution is 7.13. The second kappa shape index (κ2) is 9.24. The highest BCUT2D eigenvalue weighted by atomic mass is 32.1. The standard InChI is InChI=1S/C23H18N4O6S/c1-12-11-34-23(24-12)26-19(29)10-33-22(32)14-3-8-17-18(9-14)21(31)27(20(17)30)16-6-4-15(5-7-16)25-13(2)28/h3-9,11H,10H2,1-2H3,(H,25,28)(H,24,26,29). The molecule has 0 spiro atoms. The van der Waals surface area contributed by atoms with E-state index in [0.717, 1.165) is 10.6 Å². The van der Waals surface area contributed by atoms with E-state index in [1.54, 1.807) is 24.4 Å². The summed E-state index contributed by atoms with van der Waals surface area (Å²) in [6.07, 6.45) is 0. The number of nitrogens with one attached hydrogen (secondary N) is 2. The van der Waals surface area contributed by atoms with Gasteiger partial charge in [0.05, 0.1) is 28.1 Å². The van der Waals surface area contributed by atoms with Crippen LogP contribution in [0.3, 0.4) is 0 Å². The Labute approximate surface area is 197 Å². The number of thiazole rings is 1. The Balaban J connectivity index is 1.44. The highest BCUT2D eigenvalue weighted by Gasteiger charge is 2.37. The highest BCUT2D eigenvalue weighted by Crippen LogP contribution is 2.30. The van der Waals surface area contributed by atoms with Crippen LogP contribution in [0.5, 0.6) is 0 Å². The molecule has 1 aliphatic rings. The lowest BCUT2D eigenvalue weighted by Gasteiger charge is -2.14. The molecule has 1 aliphatic heterocycles. The smallest absolute Gasteiger partial charge is 0.338 e. The summed E-state index contributed by atoms with van der Waals surface area (Å²) in [5, 5.41) is 7.29. The third-order valence-corrected chi connectivity index (χ3v) is 5.64. The van der Waals surface area contributed by atoms with Crippen LogP contribution in [0.15, 0.2) is 47.8 Å². The first-order valence-electron chi connectivity index (χ1n) is 10.0. The summed E-state index contributed by atoms with van der Waals surface area (Å²) in [5.41, 5.74) is 1.82. The van der Waals surface area contributed by atoms with Gasteiger partial charge >= 0.3 is 5.97 Å². The number of imide groups is 1. The SMILES string of the molecule is CC(=O)Nc1ccc(N2C(=O)c3ccc(C(=O)OCC(=O)Nc4nc(C)cs4)cc3C2=O)cc1. The zero-order valence-corrected chi connectivity index (χ0v) is 18.9. The van der Waals surface area contributed by atoms with E-state index < -0.39 is 30.3 Å². The number of benzene rings is 2. The van der Waals surface area contributed by atoms with E-state index in [9.17, 15) is 24.0 Å². The number of carbonyl (C=O) groups is 5. The minimum Gasteiger partial charge on any atom is -0.452 e. The van der Waals surface area contributed by atoms with Crippen LogP contribution >= 0.6 is 11.3 Å². The van der Waals surface area contributed by atoms with Gasteiger partial charge in [-0.05, 0) is 49.4 Å². The van der Waals surface area contributed by atoms with Crippen molar-refractivity contribution in [2.45, 2.75) is 13.8 Å². The molecule has 2 aromatic carbocycles. The van der Waals surface area contributed by atoms with Crippen LogP contribution in [0.25, 0.3) is 0 Å². The number of amides is 4. The van der Waals surface area contributed by atoms with Crippen LogP contribution in [0.1, 0.15) is 43.7 Å². The summed E-state index contributed by atoms with van der Waals surface area (Å²) in [6, 6.07) is 10.2. The van der Waals surface area contributed by atoms with E-state index in [1.165, 1.54) is 48.6 Å². The summed E-state index contributed by atoms with van der Waals surface area (Å²) in [7, 11) is 0. The molecular formula is C23H18N4O6S. The molecule has 11 heteroatoms. The molecule has 34 heavy (non-hydrogen) atoms. The zero-order valence-electron chi connectivity index (χ0n) is 18.1. The van der Waals surface area contributed by atoms with Gasteiger partial charge in [-0.2, -0.15) is 0 Å². The van der Waals surface area contributed by atoms with Gasteiger partial charge in [-0.3, -0.25) is 24.5 Å². The summed E-state index contributed by atoms with van der Waals surface area (Å²) in [6.45, 7) is 2.62. The molecule has 4 amide bonds. The maximum absolute atomic E-state index is 12.9. The number of anilines is 3. The van der Waals surface area contributed by atoms with Gasteiger partial charge in [-0.1, -0.05) is 0 Å². The number of hydrogen-bond donors (Lipinski definition) is 2. The number of esters is 1. The minimum atomic E-state index is -0.813. The molecule has 4 rings (SSSR count). The Kier molecular flexibility index (Phi) is 6.19. The van der Waals surface area contributed by atoms with Gasteiger partial charge in [-0.25, -0.2) is 14.7 Å². The average molecular weight is 478 g/mol. The van der Waals surface area contributed by atoms with Crippen molar-refractivity contribution in [3.63, 3.8) is 0 Å². The van der Waals surface area contributed by atoms with Gasteiger partial charge in [0.1, 0.15) is 0 Å². The summed E-state index contributed by atoms with van der Waals surface area (Å²) in [5.74, 6) is -2.75. The summed E-state index contributed by atoms with van der Waals surface area (Å²) >= 11 is 1.25. The van der Waals surface area contributed by atoms with Crippen molar-refractivity contribution in [1.29, 1.82) is 0 Å². The molecule has 10 nitrogen and oxygen atoms in total. The van der Waals surface area contributed by atoms with Crippen LogP contribution in [0, 0.1) is 6.92 Å². The molecular weight excluding hydrogens is 460 g/mol. The lowest BCUT2D eigenvalue weighted by molar-refractivity contribution is -0.119. The maximum Gasteiger partial charge on any atom is 0.338 e. The van der Waals surface area contributed by atoms with Crippen molar-refractivity contribution < 1.29 is 28.7 Å². The Morgan fingerprint density at radius 3 is 2.35 bits per heavy atom. The molecule has 0 saturated heterocycles. The number of carbonyl (C=O) groups excluding carboxylic acids is 5. The van der Waals surface area contributed by atoms with Crippen LogP contribution < -0.4 is 15.5 Å². The van der Waals surface area contributed by atoms with Crippen molar-refractivity contribution >= 4 is 57.4 Å². The molecule has 0 fully saturated rings. The first-order chi connectivity index (χ1) is 16.2. The molecule has 0 aliphatic carbocycles. The molecule has 172 valence electrons. The fourth-order valence-corrected chi connectivity index (χ4v) is 3.98. The van der Waals surface area contributed by atoms with E-state index in [2.05, 4.69) is 15.6 Å². The number of hydrogen-bond acceptors (Lipinski definition) is 8. The summed E-state index contributed by atoms with van der Waals surface area (Å²) < 4.78 is 5.03. The van der Waals surface area contributed by atoms with Crippen molar-refractivity contribution in [1.82, 2.24) is 4.98 Å². The van der Waals surface area contributed by atoms with E-state index >= 15 is 0 Å². The Morgan fingerprint density at radius 1 is 1.00 bits per heavy atom. The van der Waals surface area contributed by atoms with E-state index in [-0.39, 0.29) is 22.6 Å². The predicted octanol–water partition coefficient (Wildman–Crippen LogP) is 3.01. The molecule has 1 aromatic heterocycles. The van der Waals surface area contributed by atoms with Crippen LogP contribution in [-0.2, 0) is 14.3 Å². The molecule has 0 bridgehead atoms. The van der Waals surface area contributed by atoms with Crippen molar-refractivity contribution in [2.75, 3.05) is 22.1 Å². The molecule has 0 saturated carbocycles. The van der Waals surface area contributed by atoms with Crippen LogP contribution in [0.2, 0.25) is 0 Å².